The van der Waals surface area contributed by atoms with Gasteiger partial charge < -0.3 is 4.74 Å². The van der Waals surface area contributed by atoms with E-state index in [-0.39, 0.29) is 5.41 Å². The van der Waals surface area contributed by atoms with Crippen molar-refractivity contribution in [3.05, 3.63) is 35.4 Å². The fourth-order valence-corrected chi connectivity index (χ4v) is 2.92. The molecule has 1 aromatic rings. The topological polar surface area (TPSA) is 9.23 Å². The van der Waals surface area contributed by atoms with Crippen LogP contribution in [0.3, 0.4) is 0 Å². The monoisotopic (exact) mass is 302 g/mol. The maximum atomic E-state index is 6.21. The van der Waals surface area contributed by atoms with E-state index < -0.39 is 0 Å². The summed E-state index contributed by atoms with van der Waals surface area (Å²) in [5.41, 5.74) is 2.28. The minimum Gasteiger partial charge on any atom is -0.381 e. The smallest absolute Gasteiger partial charge is 0.0475 e. The normalized spacial score (nSPS) is 11.8. The molecule has 0 saturated carbocycles. The Morgan fingerprint density at radius 2 is 1.89 bits per heavy atom. The first-order valence-electron chi connectivity index (χ1n) is 6.95. The number of hydrogen-bond acceptors (Lipinski definition) is 1. The van der Waals surface area contributed by atoms with E-state index in [0.29, 0.717) is 18.4 Å². The predicted molar refractivity (Wildman–Crippen MR) is 84.6 cm³/mol. The summed E-state index contributed by atoms with van der Waals surface area (Å²) in [5.74, 6) is 1.05. The van der Waals surface area contributed by atoms with Crippen molar-refractivity contribution in [2.24, 2.45) is 0 Å². The summed E-state index contributed by atoms with van der Waals surface area (Å²) >= 11 is 12.4. The third kappa shape index (κ3) is 4.98. The van der Waals surface area contributed by atoms with Gasteiger partial charge in [0.2, 0.25) is 0 Å². The second kappa shape index (κ2) is 8.84. The highest BCUT2D eigenvalue weighted by atomic mass is 35.5. The Bertz CT molecular complexity index is 362. The number of halogens is 2. The van der Waals surface area contributed by atoms with Crippen LogP contribution in [0, 0.1) is 6.92 Å². The SMILES string of the molecule is CCCCOCCC(CCl)(CCl)c1cccc(C)c1. The van der Waals surface area contributed by atoms with E-state index in [4.69, 9.17) is 27.9 Å². The number of ether oxygens (including phenoxy) is 1. The lowest BCUT2D eigenvalue weighted by Crippen LogP contribution is -2.32. The maximum absolute atomic E-state index is 6.21. The molecule has 0 aliphatic heterocycles. The summed E-state index contributed by atoms with van der Waals surface area (Å²) in [6, 6.07) is 8.45. The molecule has 1 rings (SSSR count). The van der Waals surface area contributed by atoms with Crippen molar-refractivity contribution in [3.8, 4) is 0 Å². The van der Waals surface area contributed by atoms with Crippen LogP contribution in [0.2, 0.25) is 0 Å². The minimum absolute atomic E-state index is 0.179. The lowest BCUT2D eigenvalue weighted by atomic mass is 9.81. The number of unbranched alkanes of at least 4 members (excludes halogenated alkanes) is 1. The molecule has 0 atom stereocenters. The summed E-state index contributed by atoms with van der Waals surface area (Å²) < 4.78 is 5.67. The number of hydrogen-bond donors (Lipinski definition) is 0. The summed E-state index contributed by atoms with van der Waals surface area (Å²) in [6.45, 7) is 5.80. The van der Waals surface area contributed by atoms with Crippen LogP contribution in [0.25, 0.3) is 0 Å². The standard InChI is InChI=1S/C16H24Cl2O/c1-3-4-9-19-10-8-16(12-17,13-18)15-7-5-6-14(2)11-15/h5-7,11H,3-4,8-10,12-13H2,1-2H3. The summed E-state index contributed by atoms with van der Waals surface area (Å²) in [6.07, 6.45) is 3.14. The van der Waals surface area contributed by atoms with E-state index in [9.17, 15) is 0 Å². The molecule has 1 aromatic carbocycles. The molecule has 0 aromatic heterocycles. The van der Waals surface area contributed by atoms with Crippen LogP contribution < -0.4 is 0 Å². The average molecular weight is 303 g/mol. The van der Waals surface area contributed by atoms with Gasteiger partial charge in [-0.2, -0.15) is 0 Å². The van der Waals surface area contributed by atoms with E-state index in [1.165, 1.54) is 11.1 Å². The van der Waals surface area contributed by atoms with E-state index in [1.54, 1.807) is 0 Å². The molecule has 0 amide bonds. The van der Waals surface area contributed by atoms with Gasteiger partial charge in [0, 0.05) is 30.4 Å². The second-order valence-corrected chi connectivity index (χ2v) is 5.67. The van der Waals surface area contributed by atoms with E-state index in [1.807, 2.05) is 0 Å². The Morgan fingerprint density at radius 3 is 2.47 bits per heavy atom. The van der Waals surface area contributed by atoms with Crippen molar-refractivity contribution >= 4 is 23.2 Å². The zero-order valence-electron chi connectivity index (χ0n) is 11.9. The zero-order valence-corrected chi connectivity index (χ0v) is 13.4. The van der Waals surface area contributed by atoms with Gasteiger partial charge in [0.15, 0.2) is 0 Å². The van der Waals surface area contributed by atoms with Crippen molar-refractivity contribution in [2.45, 2.75) is 38.5 Å². The molecule has 0 radical (unpaired) electrons. The van der Waals surface area contributed by atoms with Gasteiger partial charge in [-0.05, 0) is 25.3 Å². The third-order valence-corrected chi connectivity index (χ3v) is 4.53. The molecule has 0 N–H and O–H groups in total. The van der Waals surface area contributed by atoms with Crippen LogP contribution in [0.15, 0.2) is 24.3 Å². The molecule has 0 fully saturated rings. The Kier molecular flexibility index (Phi) is 7.82. The number of alkyl halides is 2. The van der Waals surface area contributed by atoms with Gasteiger partial charge in [0.05, 0.1) is 0 Å². The van der Waals surface area contributed by atoms with Crippen molar-refractivity contribution in [2.75, 3.05) is 25.0 Å². The number of aryl methyl sites for hydroxylation is 1. The van der Waals surface area contributed by atoms with Gasteiger partial charge >= 0.3 is 0 Å². The minimum atomic E-state index is -0.179. The van der Waals surface area contributed by atoms with Crippen molar-refractivity contribution in [3.63, 3.8) is 0 Å². The lowest BCUT2D eigenvalue weighted by Gasteiger charge is -2.30. The maximum Gasteiger partial charge on any atom is 0.0475 e. The largest absolute Gasteiger partial charge is 0.381 e. The molecular formula is C16H24Cl2O. The zero-order chi connectivity index (χ0) is 14.1. The van der Waals surface area contributed by atoms with Crippen LogP contribution in [0.5, 0.6) is 0 Å². The number of benzene rings is 1. The average Bonchev–Trinajstić information content (AvgIpc) is 2.43. The molecule has 0 spiro atoms. The fraction of sp³-hybridized carbons (Fsp3) is 0.625. The summed E-state index contributed by atoms with van der Waals surface area (Å²) in [4.78, 5) is 0. The molecule has 0 heterocycles. The summed E-state index contributed by atoms with van der Waals surface area (Å²) in [5, 5.41) is 0. The fourth-order valence-electron chi connectivity index (χ4n) is 2.06. The van der Waals surface area contributed by atoms with Crippen LogP contribution in [-0.2, 0) is 10.2 Å². The first-order valence-corrected chi connectivity index (χ1v) is 8.02. The summed E-state index contributed by atoms with van der Waals surface area (Å²) in [7, 11) is 0. The predicted octanol–water partition coefficient (Wildman–Crippen LogP) is 4.92. The first-order chi connectivity index (χ1) is 9.18. The van der Waals surface area contributed by atoms with E-state index in [0.717, 1.165) is 25.9 Å². The van der Waals surface area contributed by atoms with Gasteiger partial charge in [-0.25, -0.2) is 0 Å². The van der Waals surface area contributed by atoms with Crippen LogP contribution in [0.1, 0.15) is 37.3 Å². The molecule has 0 aliphatic rings. The Labute approximate surface area is 127 Å². The highest BCUT2D eigenvalue weighted by Gasteiger charge is 2.30. The molecule has 1 nitrogen and oxygen atoms in total. The molecule has 3 heteroatoms. The van der Waals surface area contributed by atoms with Gasteiger partial charge in [-0.1, -0.05) is 43.2 Å². The second-order valence-electron chi connectivity index (χ2n) is 5.13. The molecule has 0 bridgehead atoms. The third-order valence-electron chi connectivity index (χ3n) is 3.51. The van der Waals surface area contributed by atoms with Crippen molar-refractivity contribution < 1.29 is 4.74 Å². The van der Waals surface area contributed by atoms with Gasteiger partial charge in [0.1, 0.15) is 0 Å². The van der Waals surface area contributed by atoms with Crippen molar-refractivity contribution in [1.82, 2.24) is 0 Å². The molecule has 0 saturated heterocycles. The Morgan fingerprint density at radius 1 is 1.16 bits per heavy atom. The van der Waals surface area contributed by atoms with Gasteiger partial charge in [0.25, 0.3) is 0 Å². The first kappa shape index (κ1) is 16.8. The Balaban J connectivity index is 2.68. The van der Waals surface area contributed by atoms with Gasteiger partial charge in [-0.3, -0.25) is 0 Å². The van der Waals surface area contributed by atoms with Crippen LogP contribution in [-0.4, -0.2) is 25.0 Å². The van der Waals surface area contributed by atoms with E-state index >= 15 is 0 Å². The number of rotatable bonds is 9. The molecule has 108 valence electrons. The van der Waals surface area contributed by atoms with Crippen molar-refractivity contribution in [1.29, 1.82) is 0 Å². The van der Waals surface area contributed by atoms with E-state index in [2.05, 4.69) is 38.1 Å². The molecule has 0 unspecified atom stereocenters. The van der Waals surface area contributed by atoms with Crippen LogP contribution in [0.4, 0.5) is 0 Å². The molecular weight excluding hydrogens is 279 g/mol. The molecule has 19 heavy (non-hydrogen) atoms. The molecule has 0 aliphatic carbocycles. The highest BCUT2D eigenvalue weighted by Crippen LogP contribution is 2.31. The van der Waals surface area contributed by atoms with Crippen LogP contribution >= 0.6 is 23.2 Å². The Hall–Kier alpha value is -0.240. The van der Waals surface area contributed by atoms with Gasteiger partial charge in [-0.15, -0.1) is 23.2 Å². The quantitative estimate of drug-likeness (QED) is 0.465. The lowest BCUT2D eigenvalue weighted by molar-refractivity contribution is 0.116. The highest BCUT2D eigenvalue weighted by molar-refractivity contribution is 6.22.